The molecule has 0 bridgehead atoms. The molecule has 5 heteroatoms. The van der Waals surface area contributed by atoms with Crippen LogP contribution >= 0.6 is 0 Å². The van der Waals surface area contributed by atoms with Crippen molar-refractivity contribution < 1.29 is 9.59 Å². The van der Waals surface area contributed by atoms with Crippen LogP contribution in [0.3, 0.4) is 0 Å². The second kappa shape index (κ2) is 6.05. The first kappa shape index (κ1) is 14.0. The smallest absolute Gasteiger partial charge is 0.242 e. The van der Waals surface area contributed by atoms with Crippen LogP contribution in [0.25, 0.3) is 0 Å². The molecule has 0 aromatic heterocycles. The van der Waals surface area contributed by atoms with Crippen molar-refractivity contribution >= 4 is 23.1 Å². The van der Waals surface area contributed by atoms with E-state index in [-0.39, 0.29) is 17.7 Å². The maximum absolute atomic E-state index is 11.5. The Labute approximate surface area is 107 Å². The van der Waals surface area contributed by atoms with Gasteiger partial charge in [0.25, 0.3) is 0 Å². The molecule has 1 unspecified atom stereocenters. The molecular weight excluding hydrogens is 230 g/mol. The second-order valence-corrected chi connectivity index (χ2v) is 4.12. The Bertz CT molecular complexity index is 458. The van der Waals surface area contributed by atoms with E-state index < -0.39 is 0 Å². The summed E-state index contributed by atoms with van der Waals surface area (Å²) in [6.45, 7) is 5.69. The van der Waals surface area contributed by atoms with Crippen LogP contribution in [0.2, 0.25) is 0 Å². The molecule has 0 aliphatic heterocycles. The van der Waals surface area contributed by atoms with E-state index in [1.807, 2.05) is 6.92 Å². The van der Waals surface area contributed by atoms with Crippen molar-refractivity contribution in [3.63, 3.8) is 0 Å². The molecule has 0 radical (unpaired) electrons. The maximum atomic E-state index is 11.5. The molecule has 18 heavy (non-hydrogen) atoms. The van der Waals surface area contributed by atoms with E-state index in [1.54, 1.807) is 25.1 Å². The summed E-state index contributed by atoms with van der Waals surface area (Å²) in [6.07, 6.45) is 0. The van der Waals surface area contributed by atoms with Gasteiger partial charge in [0.2, 0.25) is 5.91 Å². The van der Waals surface area contributed by atoms with E-state index in [4.69, 9.17) is 5.73 Å². The summed E-state index contributed by atoms with van der Waals surface area (Å²) in [5.41, 5.74) is 7.39. The molecule has 0 saturated carbocycles. The lowest BCUT2D eigenvalue weighted by atomic mass is 10.1. The van der Waals surface area contributed by atoms with Gasteiger partial charge in [-0.3, -0.25) is 9.59 Å². The lowest BCUT2D eigenvalue weighted by molar-refractivity contribution is -0.121. The number of ketones is 1. The standard InChI is InChI=1S/C13H19N3O2/c1-4-15-13(18)8(2)16-10-5-6-11(9(3)17)12(14)7-10/h5-8,16H,4,14H2,1-3H3,(H,15,18). The number of benzene rings is 1. The Morgan fingerprint density at radius 3 is 2.56 bits per heavy atom. The van der Waals surface area contributed by atoms with E-state index in [0.717, 1.165) is 5.69 Å². The zero-order chi connectivity index (χ0) is 13.7. The first-order valence-electron chi connectivity index (χ1n) is 5.90. The summed E-state index contributed by atoms with van der Waals surface area (Å²) in [6, 6.07) is 4.70. The molecule has 0 saturated heterocycles. The van der Waals surface area contributed by atoms with Gasteiger partial charge in [0.05, 0.1) is 0 Å². The maximum Gasteiger partial charge on any atom is 0.242 e. The van der Waals surface area contributed by atoms with Crippen LogP contribution < -0.4 is 16.4 Å². The minimum Gasteiger partial charge on any atom is -0.398 e. The molecule has 4 N–H and O–H groups in total. The number of anilines is 2. The highest BCUT2D eigenvalue weighted by molar-refractivity contribution is 5.99. The molecule has 0 fully saturated rings. The fourth-order valence-electron chi connectivity index (χ4n) is 1.62. The Morgan fingerprint density at radius 2 is 2.06 bits per heavy atom. The molecule has 1 atom stereocenters. The van der Waals surface area contributed by atoms with Crippen LogP contribution in [0.5, 0.6) is 0 Å². The van der Waals surface area contributed by atoms with Crippen LogP contribution in [0, 0.1) is 0 Å². The second-order valence-electron chi connectivity index (χ2n) is 4.12. The van der Waals surface area contributed by atoms with Crippen LogP contribution in [-0.2, 0) is 4.79 Å². The van der Waals surface area contributed by atoms with Crippen LogP contribution in [0.15, 0.2) is 18.2 Å². The highest BCUT2D eigenvalue weighted by atomic mass is 16.2. The fourth-order valence-corrected chi connectivity index (χ4v) is 1.62. The predicted octanol–water partition coefficient (Wildman–Crippen LogP) is 1.41. The molecule has 0 aliphatic carbocycles. The monoisotopic (exact) mass is 249 g/mol. The van der Waals surface area contributed by atoms with Crippen LogP contribution in [-0.4, -0.2) is 24.3 Å². The summed E-state index contributed by atoms with van der Waals surface area (Å²) < 4.78 is 0. The number of nitrogens with two attached hydrogens (primary N) is 1. The fraction of sp³-hybridized carbons (Fsp3) is 0.385. The van der Waals surface area contributed by atoms with Crippen molar-refractivity contribution in [2.45, 2.75) is 26.8 Å². The van der Waals surface area contributed by atoms with Crippen molar-refractivity contribution in [1.82, 2.24) is 5.32 Å². The van der Waals surface area contributed by atoms with Crippen molar-refractivity contribution in [2.75, 3.05) is 17.6 Å². The van der Waals surface area contributed by atoms with Crippen molar-refractivity contribution in [2.24, 2.45) is 0 Å². The number of nitrogen functional groups attached to an aromatic ring is 1. The van der Waals surface area contributed by atoms with E-state index in [1.165, 1.54) is 6.92 Å². The average molecular weight is 249 g/mol. The third-order valence-corrected chi connectivity index (χ3v) is 2.56. The molecule has 5 nitrogen and oxygen atoms in total. The van der Waals surface area contributed by atoms with Crippen LogP contribution in [0.4, 0.5) is 11.4 Å². The van der Waals surface area contributed by atoms with E-state index >= 15 is 0 Å². The number of amides is 1. The van der Waals surface area contributed by atoms with Gasteiger partial charge in [-0.1, -0.05) is 0 Å². The Balaban J connectivity index is 2.77. The number of Topliss-reactive ketones (excluding diaryl/α,β-unsaturated/α-hetero) is 1. The molecule has 0 spiro atoms. The average Bonchev–Trinajstić information content (AvgIpc) is 2.28. The highest BCUT2D eigenvalue weighted by Gasteiger charge is 2.12. The summed E-state index contributed by atoms with van der Waals surface area (Å²) in [5.74, 6) is -0.150. The number of carbonyl (C=O) groups is 2. The molecule has 1 amide bonds. The summed E-state index contributed by atoms with van der Waals surface area (Å²) in [4.78, 5) is 22.8. The number of rotatable bonds is 5. The van der Waals surface area contributed by atoms with Gasteiger partial charge in [0.1, 0.15) is 6.04 Å². The molecule has 0 aliphatic rings. The van der Waals surface area contributed by atoms with E-state index in [2.05, 4.69) is 10.6 Å². The Morgan fingerprint density at radius 1 is 1.39 bits per heavy atom. The summed E-state index contributed by atoms with van der Waals surface area (Å²) >= 11 is 0. The lowest BCUT2D eigenvalue weighted by Crippen LogP contribution is -2.37. The number of hydrogen-bond donors (Lipinski definition) is 3. The van der Waals surface area contributed by atoms with E-state index in [9.17, 15) is 9.59 Å². The lowest BCUT2D eigenvalue weighted by Gasteiger charge is -2.15. The van der Waals surface area contributed by atoms with Crippen molar-refractivity contribution in [1.29, 1.82) is 0 Å². The normalized spacial score (nSPS) is 11.7. The largest absolute Gasteiger partial charge is 0.398 e. The third kappa shape index (κ3) is 3.48. The van der Waals surface area contributed by atoms with Gasteiger partial charge in [-0.05, 0) is 39.0 Å². The highest BCUT2D eigenvalue weighted by Crippen LogP contribution is 2.19. The molecule has 1 aromatic rings. The number of likely N-dealkylation sites (N-methyl/N-ethyl adjacent to an activating group) is 1. The van der Waals surface area contributed by atoms with Gasteiger partial charge in [-0.2, -0.15) is 0 Å². The minimum atomic E-state index is -0.354. The Hall–Kier alpha value is -2.04. The van der Waals surface area contributed by atoms with Gasteiger partial charge >= 0.3 is 0 Å². The molecule has 0 heterocycles. The Kier molecular flexibility index (Phi) is 4.71. The third-order valence-electron chi connectivity index (χ3n) is 2.56. The van der Waals surface area contributed by atoms with Crippen molar-refractivity contribution in [3.8, 4) is 0 Å². The van der Waals surface area contributed by atoms with E-state index in [0.29, 0.717) is 17.8 Å². The minimum absolute atomic E-state index is 0.0733. The molecule has 1 aromatic carbocycles. The topological polar surface area (TPSA) is 84.2 Å². The van der Waals surface area contributed by atoms with Gasteiger partial charge in [0.15, 0.2) is 5.78 Å². The van der Waals surface area contributed by atoms with Crippen molar-refractivity contribution in [3.05, 3.63) is 23.8 Å². The van der Waals surface area contributed by atoms with Gasteiger partial charge in [-0.25, -0.2) is 0 Å². The summed E-state index contributed by atoms with van der Waals surface area (Å²) in [5, 5.41) is 5.75. The molecule has 98 valence electrons. The quantitative estimate of drug-likeness (QED) is 0.544. The summed E-state index contributed by atoms with van der Waals surface area (Å²) in [7, 11) is 0. The first-order valence-corrected chi connectivity index (χ1v) is 5.90. The number of carbonyl (C=O) groups excluding carboxylic acids is 2. The number of hydrogen-bond acceptors (Lipinski definition) is 4. The van der Waals surface area contributed by atoms with Gasteiger partial charge in [0, 0.05) is 23.5 Å². The first-order chi connectivity index (χ1) is 8.45. The zero-order valence-electron chi connectivity index (χ0n) is 10.9. The van der Waals surface area contributed by atoms with Gasteiger partial charge in [-0.15, -0.1) is 0 Å². The predicted molar refractivity (Wildman–Crippen MR) is 72.6 cm³/mol. The van der Waals surface area contributed by atoms with Crippen LogP contribution in [0.1, 0.15) is 31.1 Å². The SMILES string of the molecule is CCNC(=O)C(C)Nc1ccc(C(C)=O)c(N)c1. The van der Waals surface area contributed by atoms with Gasteiger partial charge < -0.3 is 16.4 Å². The number of nitrogens with one attached hydrogen (secondary N) is 2. The zero-order valence-corrected chi connectivity index (χ0v) is 10.9. The molecular formula is C13H19N3O2. The molecule has 1 rings (SSSR count).